The van der Waals surface area contributed by atoms with Gasteiger partial charge < -0.3 is 5.11 Å². The molecular weight excluding hydrogens is 360 g/mol. The van der Waals surface area contributed by atoms with Gasteiger partial charge in [-0.25, -0.2) is 4.79 Å². The van der Waals surface area contributed by atoms with Crippen molar-refractivity contribution in [2.75, 3.05) is 0 Å². The molecule has 2 aromatic carbocycles. The van der Waals surface area contributed by atoms with Crippen LogP contribution in [0.4, 0.5) is 0 Å². The molecule has 0 saturated heterocycles. The molecule has 29 heavy (non-hydrogen) atoms. The molecule has 0 unspecified atom stereocenters. The molecule has 3 aromatic rings. The highest BCUT2D eigenvalue weighted by molar-refractivity contribution is 5.26. The molecule has 0 bridgehead atoms. The molecule has 1 N–H and O–H groups in total. The molecule has 4 heteroatoms. The van der Waals surface area contributed by atoms with E-state index in [0.717, 1.165) is 24.2 Å². The second-order valence-corrected chi connectivity index (χ2v) is 8.22. The molecule has 0 aliphatic heterocycles. The number of benzene rings is 2. The summed E-state index contributed by atoms with van der Waals surface area (Å²) < 4.78 is 3.40. The van der Waals surface area contributed by atoms with Crippen LogP contribution in [0.5, 0.6) is 5.88 Å². The van der Waals surface area contributed by atoms with Crippen molar-refractivity contribution in [3.05, 3.63) is 88.0 Å². The first-order valence-corrected chi connectivity index (χ1v) is 10.8. The summed E-state index contributed by atoms with van der Waals surface area (Å²) in [6.45, 7) is 1.12. The monoisotopic (exact) mass is 390 g/mol. The molecule has 4 rings (SSSR count). The van der Waals surface area contributed by atoms with Gasteiger partial charge in [0.2, 0.25) is 5.88 Å². The van der Waals surface area contributed by atoms with E-state index in [1.807, 2.05) is 53.1 Å². The Morgan fingerprint density at radius 1 is 0.793 bits per heavy atom. The Hall–Kier alpha value is -2.75. The number of imidazole rings is 1. The highest BCUT2D eigenvalue weighted by Gasteiger charge is 2.23. The lowest BCUT2D eigenvalue weighted by molar-refractivity contribution is 0.312. The minimum Gasteiger partial charge on any atom is -0.493 e. The Morgan fingerprint density at radius 3 is 2.07 bits per heavy atom. The van der Waals surface area contributed by atoms with Crippen molar-refractivity contribution in [3.8, 4) is 5.88 Å². The maximum atomic E-state index is 13.3. The van der Waals surface area contributed by atoms with Crippen LogP contribution in [0.1, 0.15) is 48.9 Å². The molecule has 1 saturated carbocycles. The van der Waals surface area contributed by atoms with Crippen LogP contribution in [0.3, 0.4) is 0 Å². The van der Waals surface area contributed by atoms with Crippen molar-refractivity contribution in [2.24, 2.45) is 5.92 Å². The van der Waals surface area contributed by atoms with Crippen LogP contribution in [0.2, 0.25) is 0 Å². The fourth-order valence-corrected chi connectivity index (χ4v) is 4.51. The van der Waals surface area contributed by atoms with Crippen LogP contribution < -0.4 is 5.69 Å². The Kier molecular flexibility index (Phi) is 6.18. The largest absolute Gasteiger partial charge is 0.493 e. The minimum atomic E-state index is -0.0833. The first-order chi connectivity index (χ1) is 14.2. The summed E-state index contributed by atoms with van der Waals surface area (Å²) in [6.07, 6.45) is 7.62. The zero-order valence-corrected chi connectivity index (χ0v) is 17.0. The average molecular weight is 391 g/mol. The Balaban J connectivity index is 1.64. The van der Waals surface area contributed by atoms with E-state index in [1.165, 1.54) is 37.7 Å². The highest BCUT2D eigenvalue weighted by atomic mass is 16.3. The van der Waals surface area contributed by atoms with Gasteiger partial charge in [-0.2, -0.15) is 0 Å². The molecule has 1 aliphatic carbocycles. The molecule has 0 spiro atoms. The van der Waals surface area contributed by atoms with E-state index in [1.54, 1.807) is 4.57 Å². The quantitative estimate of drug-likeness (QED) is 0.632. The molecule has 152 valence electrons. The number of aromatic hydroxyl groups is 1. The maximum Gasteiger partial charge on any atom is 0.331 e. The third kappa shape index (κ3) is 4.64. The van der Waals surface area contributed by atoms with Gasteiger partial charge in [0.15, 0.2) is 0 Å². The van der Waals surface area contributed by atoms with Gasteiger partial charge in [0.05, 0.1) is 12.2 Å². The molecule has 1 aliphatic rings. The van der Waals surface area contributed by atoms with E-state index < -0.39 is 0 Å². The smallest absolute Gasteiger partial charge is 0.331 e. The normalized spacial score (nSPS) is 14.9. The van der Waals surface area contributed by atoms with Crippen molar-refractivity contribution in [1.29, 1.82) is 0 Å². The van der Waals surface area contributed by atoms with Crippen molar-refractivity contribution in [1.82, 2.24) is 9.13 Å². The Morgan fingerprint density at radius 2 is 1.41 bits per heavy atom. The Bertz CT molecular complexity index is 967. The van der Waals surface area contributed by atoms with Gasteiger partial charge in [-0.05, 0) is 42.7 Å². The summed E-state index contributed by atoms with van der Waals surface area (Å²) in [4.78, 5) is 13.3. The lowest BCUT2D eigenvalue weighted by Gasteiger charge is -2.22. The van der Waals surface area contributed by atoms with E-state index in [0.29, 0.717) is 18.9 Å². The predicted octanol–water partition coefficient (Wildman–Crippen LogP) is 4.77. The second-order valence-electron chi connectivity index (χ2n) is 8.22. The van der Waals surface area contributed by atoms with Gasteiger partial charge in [0, 0.05) is 6.54 Å². The van der Waals surface area contributed by atoms with E-state index in [9.17, 15) is 9.90 Å². The van der Waals surface area contributed by atoms with Gasteiger partial charge in [0.25, 0.3) is 0 Å². The van der Waals surface area contributed by atoms with Crippen molar-refractivity contribution in [3.63, 3.8) is 0 Å². The predicted molar refractivity (Wildman–Crippen MR) is 116 cm³/mol. The summed E-state index contributed by atoms with van der Waals surface area (Å²) in [6, 6.07) is 20.2. The topological polar surface area (TPSA) is 47.2 Å². The third-order valence-electron chi connectivity index (χ3n) is 6.14. The summed E-state index contributed by atoms with van der Waals surface area (Å²) in [5.74, 6) is 0.662. The summed E-state index contributed by atoms with van der Waals surface area (Å²) in [5, 5.41) is 11.0. The zero-order valence-electron chi connectivity index (χ0n) is 17.0. The number of aryl methyl sites for hydroxylation is 1. The van der Waals surface area contributed by atoms with Crippen LogP contribution in [0, 0.1) is 5.92 Å². The summed E-state index contributed by atoms with van der Waals surface area (Å²) in [5.41, 5.74) is 2.94. The lowest BCUT2D eigenvalue weighted by atomic mass is 9.89. The van der Waals surface area contributed by atoms with Gasteiger partial charge in [-0.15, -0.1) is 0 Å². The average Bonchev–Trinajstić information content (AvgIpc) is 2.98. The molecule has 0 radical (unpaired) electrons. The number of hydrogen-bond donors (Lipinski definition) is 1. The standard InChI is InChI=1S/C25H30N2O2/c28-24-23(17-16-20-10-4-1-5-11-20)26(18-21-12-6-2-7-13-21)25(29)27(24)19-22-14-8-3-9-15-22/h1,3-5,8-11,14-15,21,28H,2,6-7,12-13,16-19H2. The molecule has 4 nitrogen and oxygen atoms in total. The van der Waals surface area contributed by atoms with Gasteiger partial charge in [-0.3, -0.25) is 9.13 Å². The van der Waals surface area contributed by atoms with E-state index in [4.69, 9.17) is 0 Å². The number of nitrogens with zero attached hydrogens (tertiary/aromatic N) is 2. The highest BCUT2D eigenvalue weighted by Crippen LogP contribution is 2.27. The van der Waals surface area contributed by atoms with Gasteiger partial charge in [-0.1, -0.05) is 79.9 Å². The van der Waals surface area contributed by atoms with E-state index in [2.05, 4.69) is 12.1 Å². The van der Waals surface area contributed by atoms with Crippen molar-refractivity contribution < 1.29 is 5.11 Å². The molecular formula is C25H30N2O2. The van der Waals surface area contributed by atoms with Gasteiger partial charge >= 0.3 is 5.69 Å². The maximum absolute atomic E-state index is 13.3. The minimum absolute atomic E-state index is 0.0833. The van der Waals surface area contributed by atoms with E-state index in [-0.39, 0.29) is 11.6 Å². The number of rotatable bonds is 7. The van der Waals surface area contributed by atoms with Crippen LogP contribution in [-0.4, -0.2) is 14.2 Å². The SMILES string of the molecule is O=c1n(Cc2ccccc2)c(O)c(CCc2ccccc2)n1CC1CCCCC1. The summed E-state index contributed by atoms with van der Waals surface area (Å²) in [7, 11) is 0. The van der Waals surface area contributed by atoms with Crippen LogP contribution in [0.15, 0.2) is 65.5 Å². The van der Waals surface area contributed by atoms with Crippen LogP contribution >= 0.6 is 0 Å². The first-order valence-electron chi connectivity index (χ1n) is 10.8. The number of aromatic nitrogens is 2. The molecule has 1 heterocycles. The lowest BCUT2D eigenvalue weighted by Crippen LogP contribution is -2.29. The van der Waals surface area contributed by atoms with Crippen LogP contribution in [0.25, 0.3) is 0 Å². The fourth-order valence-electron chi connectivity index (χ4n) is 4.51. The summed E-state index contributed by atoms with van der Waals surface area (Å²) >= 11 is 0. The van der Waals surface area contributed by atoms with Crippen molar-refractivity contribution in [2.45, 2.75) is 58.0 Å². The fraction of sp³-hybridized carbons (Fsp3) is 0.400. The molecule has 0 amide bonds. The third-order valence-corrected chi connectivity index (χ3v) is 6.14. The van der Waals surface area contributed by atoms with Crippen molar-refractivity contribution >= 4 is 0 Å². The Labute approximate surface area is 172 Å². The molecule has 0 atom stereocenters. The first kappa shape index (κ1) is 19.6. The van der Waals surface area contributed by atoms with E-state index >= 15 is 0 Å². The van der Waals surface area contributed by atoms with Gasteiger partial charge in [0.1, 0.15) is 0 Å². The van der Waals surface area contributed by atoms with Crippen LogP contribution in [-0.2, 0) is 25.9 Å². The number of hydrogen-bond acceptors (Lipinski definition) is 2. The second kappa shape index (κ2) is 9.17. The zero-order chi connectivity index (χ0) is 20.1. The molecule has 1 aromatic heterocycles. The molecule has 1 fully saturated rings.